The van der Waals surface area contributed by atoms with Crippen LogP contribution in [-0.2, 0) is 6.61 Å². The average molecular weight is 353 g/mol. The summed E-state index contributed by atoms with van der Waals surface area (Å²) in [5.74, 6) is 1.13. The van der Waals surface area contributed by atoms with Gasteiger partial charge in [0.05, 0.1) is 12.8 Å². The average Bonchev–Trinajstić information content (AvgIpc) is 3.09. The second-order valence-electron chi connectivity index (χ2n) is 5.72. The van der Waals surface area contributed by atoms with Gasteiger partial charge < -0.3 is 9.47 Å². The number of benzene rings is 2. The Morgan fingerprint density at radius 3 is 2.56 bits per heavy atom. The van der Waals surface area contributed by atoms with Gasteiger partial charge in [-0.3, -0.25) is 4.79 Å². The zero-order chi connectivity index (χ0) is 17.8. The molecule has 0 aliphatic heterocycles. The van der Waals surface area contributed by atoms with Crippen LogP contribution in [-0.4, -0.2) is 17.9 Å². The van der Waals surface area contributed by atoms with Crippen molar-refractivity contribution in [1.29, 1.82) is 0 Å². The summed E-state index contributed by atoms with van der Waals surface area (Å²) in [6.45, 7) is 3.94. The molecule has 0 unspecified atom stereocenters. The van der Waals surface area contributed by atoms with Crippen LogP contribution >= 0.6 is 11.3 Å². The number of methoxy groups -OCH3 is 1. The van der Waals surface area contributed by atoms with Gasteiger partial charge in [0.2, 0.25) is 0 Å². The van der Waals surface area contributed by atoms with Crippen molar-refractivity contribution in [3.63, 3.8) is 0 Å². The van der Waals surface area contributed by atoms with E-state index < -0.39 is 0 Å². The molecule has 0 fully saturated rings. The highest BCUT2D eigenvalue weighted by atomic mass is 32.1. The maximum atomic E-state index is 11.5. The zero-order valence-corrected chi connectivity index (χ0v) is 15.2. The SMILES string of the molecule is COc1cc(C(C)=O)ccc1OCc1csc(-c2ccc(C)cc2)n1. The molecule has 128 valence electrons. The molecule has 0 aliphatic rings. The van der Waals surface area contributed by atoms with E-state index in [1.54, 1.807) is 36.6 Å². The van der Waals surface area contributed by atoms with Crippen LogP contribution in [0.15, 0.2) is 47.8 Å². The number of hydrogen-bond acceptors (Lipinski definition) is 5. The predicted octanol–water partition coefficient (Wildman–Crippen LogP) is 4.91. The van der Waals surface area contributed by atoms with Crippen molar-refractivity contribution in [2.75, 3.05) is 7.11 Å². The number of ketones is 1. The number of aromatic nitrogens is 1. The van der Waals surface area contributed by atoms with Crippen LogP contribution in [0, 0.1) is 6.92 Å². The van der Waals surface area contributed by atoms with Crippen LogP contribution in [0.5, 0.6) is 11.5 Å². The zero-order valence-electron chi connectivity index (χ0n) is 14.4. The number of thiazole rings is 1. The second-order valence-corrected chi connectivity index (χ2v) is 6.58. The van der Waals surface area contributed by atoms with Crippen LogP contribution in [0.4, 0.5) is 0 Å². The summed E-state index contributed by atoms with van der Waals surface area (Å²) in [6, 6.07) is 13.5. The quantitative estimate of drug-likeness (QED) is 0.591. The Bertz CT molecular complexity index is 884. The molecular formula is C20H19NO3S. The van der Waals surface area contributed by atoms with Crippen LogP contribution < -0.4 is 9.47 Å². The fourth-order valence-corrected chi connectivity index (χ4v) is 3.17. The number of ether oxygens (including phenoxy) is 2. The van der Waals surface area contributed by atoms with Gasteiger partial charge in [-0.1, -0.05) is 29.8 Å². The molecule has 3 rings (SSSR count). The summed E-state index contributed by atoms with van der Waals surface area (Å²) in [6.07, 6.45) is 0. The molecule has 4 nitrogen and oxygen atoms in total. The third-order valence-corrected chi connectivity index (χ3v) is 4.74. The smallest absolute Gasteiger partial charge is 0.161 e. The lowest BCUT2D eigenvalue weighted by Gasteiger charge is -2.10. The minimum Gasteiger partial charge on any atom is -0.493 e. The van der Waals surface area contributed by atoms with Gasteiger partial charge in [-0.15, -0.1) is 11.3 Å². The molecule has 1 heterocycles. The molecule has 0 amide bonds. The molecule has 0 radical (unpaired) electrons. The van der Waals surface area contributed by atoms with E-state index >= 15 is 0 Å². The summed E-state index contributed by atoms with van der Waals surface area (Å²) in [5, 5.41) is 2.96. The van der Waals surface area contributed by atoms with Crippen molar-refractivity contribution in [2.45, 2.75) is 20.5 Å². The van der Waals surface area contributed by atoms with Crippen molar-refractivity contribution >= 4 is 17.1 Å². The standard InChI is InChI=1S/C20H19NO3S/c1-13-4-6-15(7-5-13)20-21-17(12-25-20)11-24-18-9-8-16(14(2)22)10-19(18)23-3/h4-10,12H,11H2,1-3H3. The Morgan fingerprint density at radius 1 is 1.12 bits per heavy atom. The Hall–Kier alpha value is -2.66. The van der Waals surface area contributed by atoms with E-state index in [9.17, 15) is 4.79 Å². The van der Waals surface area contributed by atoms with Crippen LogP contribution in [0.25, 0.3) is 10.6 Å². The highest BCUT2D eigenvalue weighted by Crippen LogP contribution is 2.30. The minimum absolute atomic E-state index is 0.00732. The molecule has 0 atom stereocenters. The Balaban J connectivity index is 1.72. The number of Topliss-reactive ketones (excluding diaryl/α,β-unsaturated/α-hetero) is 1. The lowest BCUT2D eigenvalue weighted by Crippen LogP contribution is -2.00. The van der Waals surface area contributed by atoms with Crippen molar-refractivity contribution in [3.8, 4) is 22.1 Å². The van der Waals surface area contributed by atoms with Crippen LogP contribution in [0.1, 0.15) is 28.5 Å². The van der Waals surface area contributed by atoms with Crippen molar-refractivity contribution in [1.82, 2.24) is 4.98 Å². The Morgan fingerprint density at radius 2 is 1.88 bits per heavy atom. The largest absolute Gasteiger partial charge is 0.493 e. The summed E-state index contributed by atoms with van der Waals surface area (Å²) >= 11 is 1.59. The van der Waals surface area contributed by atoms with E-state index in [4.69, 9.17) is 9.47 Å². The fourth-order valence-electron chi connectivity index (χ4n) is 2.36. The number of nitrogens with zero attached hydrogens (tertiary/aromatic N) is 1. The summed E-state index contributed by atoms with van der Waals surface area (Å²) < 4.78 is 11.1. The van der Waals surface area contributed by atoms with E-state index in [1.807, 2.05) is 5.38 Å². The van der Waals surface area contributed by atoms with Crippen molar-refractivity contribution in [2.24, 2.45) is 0 Å². The van der Waals surface area contributed by atoms with Gasteiger partial charge in [0, 0.05) is 16.5 Å². The maximum absolute atomic E-state index is 11.5. The summed E-state index contributed by atoms with van der Waals surface area (Å²) in [7, 11) is 1.56. The number of aryl methyl sites for hydroxylation is 1. The van der Waals surface area contributed by atoms with Gasteiger partial charge in [-0.05, 0) is 32.0 Å². The number of hydrogen-bond donors (Lipinski definition) is 0. The van der Waals surface area contributed by atoms with E-state index in [-0.39, 0.29) is 5.78 Å². The Labute approximate surface area is 151 Å². The molecule has 0 bridgehead atoms. The molecular weight excluding hydrogens is 334 g/mol. The number of carbonyl (C=O) groups excluding carboxylic acids is 1. The predicted molar refractivity (Wildman–Crippen MR) is 99.6 cm³/mol. The molecule has 1 aromatic heterocycles. The topological polar surface area (TPSA) is 48.4 Å². The van der Waals surface area contributed by atoms with Crippen LogP contribution in [0.3, 0.4) is 0 Å². The molecule has 0 spiro atoms. The normalized spacial score (nSPS) is 10.5. The number of rotatable bonds is 6. The van der Waals surface area contributed by atoms with E-state index in [2.05, 4.69) is 36.2 Å². The molecule has 0 saturated heterocycles. The van der Waals surface area contributed by atoms with E-state index in [1.165, 1.54) is 12.5 Å². The van der Waals surface area contributed by atoms with Crippen LogP contribution in [0.2, 0.25) is 0 Å². The summed E-state index contributed by atoms with van der Waals surface area (Å²) in [5.41, 5.74) is 3.79. The van der Waals surface area contributed by atoms with Gasteiger partial charge in [0.25, 0.3) is 0 Å². The Kier molecular flexibility index (Phi) is 5.14. The van der Waals surface area contributed by atoms with E-state index in [0.717, 1.165) is 16.3 Å². The third kappa shape index (κ3) is 4.06. The van der Waals surface area contributed by atoms with Crippen molar-refractivity contribution < 1.29 is 14.3 Å². The van der Waals surface area contributed by atoms with Gasteiger partial charge in [-0.25, -0.2) is 4.98 Å². The first kappa shape index (κ1) is 17.2. The van der Waals surface area contributed by atoms with Gasteiger partial charge in [0.15, 0.2) is 17.3 Å². The van der Waals surface area contributed by atoms with Gasteiger partial charge in [-0.2, -0.15) is 0 Å². The first-order valence-corrected chi connectivity index (χ1v) is 8.78. The molecule has 3 aromatic rings. The molecule has 2 aromatic carbocycles. The molecule has 0 saturated carbocycles. The van der Waals surface area contributed by atoms with Crippen molar-refractivity contribution in [3.05, 3.63) is 64.7 Å². The molecule has 25 heavy (non-hydrogen) atoms. The maximum Gasteiger partial charge on any atom is 0.161 e. The molecule has 5 heteroatoms. The lowest BCUT2D eigenvalue weighted by atomic mass is 10.1. The molecule has 0 N–H and O–H groups in total. The first-order valence-electron chi connectivity index (χ1n) is 7.90. The highest BCUT2D eigenvalue weighted by Gasteiger charge is 2.10. The first-order chi connectivity index (χ1) is 12.1. The van der Waals surface area contributed by atoms with Gasteiger partial charge >= 0.3 is 0 Å². The second kappa shape index (κ2) is 7.49. The number of carbonyl (C=O) groups is 1. The highest BCUT2D eigenvalue weighted by molar-refractivity contribution is 7.13. The third-order valence-electron chi connectivity index (χ3n) is 3.80. The minimum atomic E-state index is -0.00732. The van der Waals surface area contributed by atoms with E-state index in [0.29, 0.717) is 23.7 Å². The lowest BCUT2D eigenvalue weighted by molar-refractivity contribution is 0.101. The monoisotopic (exact) mass is 353 g/mol. The van der Waals surface area contributed by atoms with Gasteiger partial charge in [0.1, 0.15) is 11.6 Å². The fraction of sp³-hybridized carbons (Fsp3) is 0.200. The molecule has 0 aliphatic carbocycles. The summed E-state index contributed by atoms with van der Waals surface area (Å²) in [4.78, 5) is 16.1.